The van der Waals surface area contributed by atoms with E-state index in [9.17, 15) is 5.11 Å². The Balaban J connectivity index is 0.000000183. The number of ether oxygens (including phenoxy) is 1. The van der Waals surface area contributed by atoms with Crippen molar-refractivity contribution in [2.75, 3.05) is 46.3 Å². The van der Waals surface area contributed by atoms with E-state index in [-0.39, 0.29) is 12.2 Å². The molecule has 1 aromatic heterocycles. The van der Waals surface area contributed by atoms with Gasteiger partial charge in [-0.25, -0.2) is 4.98 Å². The smallest absolute Gasteiger partial charge is 0.213 e. The maximum atomic E-state index is 10.7. The summed E-state index contributed by atoms with van der Waals surface area (Å²) in [5.41, 5.74) is 5.70. The van der Waals surface area contributed by atoms with Crippen LogP contribution in [0.1, 0.15) is 119 Å². The third kappa shape index (κ3) is 9.81. The van der Waals surface area contributed by atoms with E-state index in [0.717, 1.165) is 37.4 Å². The van der Waals surface area contributed by atoms with Gasteiger partial charge >= 0.3 is 0 Å². The average molecular weight is 695 g/mol. The maximum absolute atomic E-state index is 10.7. The van der Waals surface area contributed by atoms with Crippen molar-refractivity contribution in [1.29, 1.82) is 0 Å². The molecule has 2 atom stereocenters. The van der Waals surface area contributed by atoms with Gasteiger partial charge in [0.05, 0.1) is 6.10 Å². The zero-order chi connectivity index (χ0) is 35.8. The van der Waals surface area contributed by atoms with Gasteiger partial charge in [0.1, 0.15) is 6.10 Å². The number of likely N-dealkylation sites (tertiary alicyclic amines) is 3. The van der Waals surface area contributed by atoms with Crippen LogP contribution in [-0.2, 0) is 0 Å². The molecule has 6 heteroatoms. The summed E-state index contributed by atoms with van der Waals surface area (Å²) < 4.78 is 6.46. The topological polar surface area (TPSA) is 52.1 Å². The van der Waals surface area contributed by atoms with Gasteiger partial charge < -0.3 is 14.7 Å². The first kappa shape index (κ1) is 38.0. The molecule has 0 radical (unpaired) electrons. The summed E-state index contributed by atoms with van der Waals surface area (Å²) in [4.78, 5) is 12.4. The number of hydrogen-bond acceptors (Lipinski definition) is 6. The second-order valence-corrected chi connectivity index (χ2v) is 17.0. The highest BCUT2D eigenvalue weighted by atomic mass is 16.5. The molecule has 3 aromatic rings. The van der Waals surface area contributed by atoms with Crippen molar-refractivity contribution < 1.29 is 9.84 Å². The number of aryl methyl sites for hydroxylation is 2. The lowest BCUT2D eigenvalue weighted by Crippen LogP contribution is -2.55. The van der Waals surface area contributed by atoms with Crippen LogP contribution in [0.4, 0.5) is 0 Å². The lowest BCUT2D eigenvalue weighted by molar-refractivity contribution is -0.00447. The molecule has 0 spiro atoms. The van der Waals surface area contributed by atoms with Gasteiger partial charge in [-0.2, -0.15) is 0 Å². The molecule has 51 heavy (non-hydrogen) atoms. The average Bonchev–Trinajstić information content (AvgIpc) is 3.17. The molecular weight excluding hydrogens is 629 g/mol. The molecule has 2 unspecified atom stereocenters. The van der Waals surface area contributed by atoms with Crippen molar-refractivity contribution >= 4 is 0 Å². The molecule has 1 N–H and O–H groups in total. The summed E-state index contributed by atoms with van der Waals surface area (Å²) in [6.45, 7) is 16.2. The number of nitrogens with zero attached hydrogens (tertiary/aromatic N) is 4. The van der Waals surface area contributed by atoms with Crippen molar-refractivity contribution in [2.45, 2.75) is 122 Å². The largest absolute Gasteiger partial charge is 0.469 e. The zero-order valence-electron chi connectivity index (χ0n) is 32.4. The van der Waals surface area contributed by atoms with Crippen LogP contribution >= 0.6 is 0 Å². The predicted octanol–water partition coefficient (Wildman–Crippen LogP) is 9.17. The van der Waals surface area contributed by atoms with E-state index in [1.165, 1.54) is 101 Å². The van der Waals surface area contributed by atoms with E-state index in [2.05, 4.69) is 103 Å². The second kappa shape index (κ2) is 17.4. The minimum absolute atomic E-state index is 0.0675. The molecule has 4 fully saturated rings. The fraction of sp³-hybridized carbons (Fsp3) is 0.622. The molecule has 7 rings (SSSR count). The highest BCUT2D eigenvalue weighted by molar-refractivity contribution is 5.26. The molecule has 0 amide bonds. The quantitative estimate of drug-likeness (QED) is 0.254. The Labute approximate surface area is 309 Å². The molecule has 4 heterocycles. The number of pyridine rings is 1. The summed E-state index contributed by atoms with van der Waals surface area (Å²) in [5, 5.41) is 10.7. The Morgan fingerprint density at radius 1 is 0.647 bits per heavy atom. The van der Waals surface area contributed by atoms with Gasteiger partial charge in [0.15, 0.2) is 0 Å². The van der Waals surface area contributed by atoms with Gasteiger partial charge in [-0.1, -0.05) is 85.0 Å². The minimum Gasteiger partial charge on any atom is -0.469 e. The highest BCUT2D eigenvalue weighted by Crippen LogP contribution is 2.40. The lowest BCUT2D eigenvalue weighted by Gasteiger charge is -2.49. The van der Waals surface area contributed by atoms with Crippen LogP contribution in [0.2, 0.25) is 0 Å². The van der Waals surface area contributed by atoms with E-state index in [4.69, 9.17) is 4.74 Å². The summed E-state index contributed by atoms with van der Waals surface area (Å²) in [6.07, 6.45) is 15.7. The maximum Gasteiger partial charge on any atom is 0.213 e. The number of rotatable bonds is 8. The molecule has 6 nitrogen and oxygen atoms in total. The van der Waals surface area contributed by atoms with Crippen molar-refractivity contribution in [1.82, 2.24) is 19.7 Å². The number of benzene rings is 2. The SMILES string of the molecule is Cc1ccc(C(O)C2CCN(C3(C)CCCCC3)CC2)cc1.Cc1ccc(C(Oc2ccccn2)C2CCN(C3(C)CCN(C)CC3)CC2)cc1. The monoisotopic (exact) mass is 695 g/mol. The lowest BCUT2D eigenvalue weighted by atomic mass is 9.79. The van der Waals surface area contributed by atoms with Gasteiger partial charge in [0, 0.05) is 29.3 Å². The third-order valence-electron chi connectivity index (χ3n) is 13.2. The molecule has 0 bridgehead atoms. The molecule has 3 saturated heterocycles. The van der Waals surface area contributed by atoms with E-state index in [1.807, 2.05) is 24.4 Å². The Morgan fingerprint density at radius 3 is 1.69 bits per heavy atom. The fourth-order valence-corrected chi connectivity index (χ4v) is 9.32. The van der Waals surface area contributed by atoms with Crippen LogP contribution in [0.3, 0.4) is 0 Å². The minimum atomic E-state index is -0.290. The summed E-state index contributed by atoms with van der Waals surface area (Å²) in [6, 6.07) is 23.2. The summed E-state index contributed by atoms with van der Waals surface area (Å²) >= 11 is 0. The number of aromatic nitrogens is 1. The molecule has 3 aliphatic heterocycles. The first-order valence-electron chi connectivity index (χ1n) is 20.2. The zero-order valence-corrected chi connectivity index (χ0v) is 32.4. The Kier molecular flexibility index (Phi) is 12.9. The van der Waals surface area contributed by atoms with Crippen LogP contribution < -0.4 is 4.74 Å². The van der Waals surface area contributed by atoms with E-state index < -0.39 is 0 Å². The van der Waals surface area contributed by atoms with Gasteiger partial charge in [0.25, 0.3) is 0 Å². The fourth-order valence-electron chi connectivity index (χ4n) is 9.32. The number of hydrogen-bond donors (Lipinski definition) is 1. The van der Waals surface area contributed by atoms with Crippen LogP contribution in [0.25, 0.3) is 0 Å². The van der Waals surface area contributed by atoms with Gasteiger partial charge in [-0.15, -0.1) is 0 Å². The summed E-state index contributed by atoms with van der Waals surface area (Å²) in [7, 11) is 2.24. The van der Waals surface area contributed by atoms with Crippen molar-refractivity contribution in [3.8, 4) is 5.88 Å². The van der Waals surface area contributed by atoms with Crippen molar-refractivity contribution in [3.05, 3.63) is 95.2 Å². The van der Waals surface area contributed by atoms with Crippen molar-refractivity contribution in [2.24, 2.45) is 11.8 Å². The van der Waals surface area contributed by atoms with Crippen LogP contribution in [0.5, 0.6) is 5.88 Å². The van der Waals surface area contributed by atoms with Crippen molar-refractivity contribution in [3.63, 3.8) is 0 Å². The highest BCUT2D eigenvalue weighted by Gasteiger charge is 2.39. The predicted molar refractivity (Wildman–Crippen MR) is 210 cm³/mol. The first-order chi connectivity index (χ1) is 24.6. The Bertz CT molecular complexity index is 1450. The number of piperidine rings is 3. The normalized spacial score (nSPS) is 23.5. The molecule has 1 aliphatic carbocycles. The standard InChI is InChI=1S/C25H35N3O.C20H31NO/c1-20-7-9-21(10-8-20)24(29-23-6-4-5-15-26-23)22-11-16-28(17-12-22)25(2)13-18-27(3)19-14-25;1-16-6-8-17(9-7-16)19(22)18-10-14-21(15-11-18)20(2)12-4-3-5-13-20/h4-10,15,22,24H,11-14,16-19H2,1-3H3;6-9,18-19,22H,3-5,10-15H2,1-2H3. The molecule has 278 valence electrons. The van der Waals surface area contributed by atoms with E-state index in [1.54, 1.807) is 0 Å². The Morgan fingerprint density at radius 2 is 1.16 bits per heavy atom. The van der Waals surface area contributed by atoms with E-state index in [0.29, 0.717) is 22.9 Å². The molecule has 1 saturated carbocycles. The summed E-state index contributed by atoms with van der Waals surface area (Å²) in [5.74, 6) is 1.67. The van der Waals surface area contributed by atoms with Crippen LogP contribution in [0.15, 0.2) is 72.9 Å². The first-order valence-corrected chi connectivity index (χ1v) is 20.2. The van der Waals surface area contributed by atoms with E-state index >= 15 is 0 Å². The van der Waals surface area contributed by atoms with Crippen LogP contribution in [0, 0.1) is 25.7 Å². The number of aliphatic hydroxyl groups excluding tert-OH is 1. The molecule has 2 aromatic carbocycles. The Hall–Kier alpha value is -2.77. The van der Waals surface area contributed by atoms with Gasteiger partial charge in [-0.05, 0) is 148 Å². The van der Waals surface area contributed by atoms with Gasteiger partial charge in [-0.3, -0.25) is 9.80 Å². The second-order valence-electron chi connectivity index (χ2n) is 17.0. The third-order valence-corrected chi connectivity index (χ3v) is 13.2. The van der Waals surface area contributed by atoms with Crippen LogP contribution in [-0.4, -0.2) is 82.2 Å². The molecular formula is C45H66N4O2. The van der Waals surface area contributed by atoms with Gasteiger partial charge in [0.2, 0.25) is 5.88 Å². The number of aliphatic hydroxyl groups is 1. The molecule has 4 aliphatic rings.